The maximum absolute atomic E-state index is 5.50. The van der Waals surface area contributed by atoms with Crippen molar-refractivity contribution in [3.63, 3.8) is 0 Å². The molecule has 13 heavy (non-hydrogen) atoms. The lowest BCUT2D eigenvalue weighted by atomic mass is 10.5. The molecule has 0 unspecified atom stereocenters. The van der Waals surface area contributed by atoms with E-state index in [-0.39, 0.29) is 5.84 Å². The molecule has 72 valence electrons. The van der Waals surface area contributed by atoms with Crippen molar-refractivity contribution in [3.05, 3.63) is 4.88 Å². The summed E-state index contributed by atoms with van der Waals surface area (Å²) in [5, 5.41) is 3.80. The average molecular weight is 202 g/mol. The van der Waals surface area contributed by atoms with E-state index in [1.807, 2.05) is 0 Å². The predicted octanol–water partition coefficient (Wildman–Crippen LogP) is -0.261. The number of ether oxygens (including phenoxy) is 2. The van der Waals surface area contributed by atoms with Crippen LogP contribution in [0.15, 0.2) is 5.10 Å². The number of aromatic nitrogens is 1. The van der Waals surface area contributed by atoms with Crippen molar-refractivity contribution in [2.24, 2.45) is 16.7 Å². The van der Waals surface area contributed by atoms with E-state index in [1.54, 1.807) is 0 Å². The fraction of sp³-hybridized carbons (Fsp3) is 0.333. The second-order valence-electron chi connectivity index (χ2n) is 2.04. The first-order chi connectivity index (χ1) is 6.22. The third-order valence-electron chi connectivity index (χ3n) is 1.32. The molecule has 0 fully saturated rings. The highest BCUT2D eigenvalue weighted by molar-refractivity contribution is 7.15. The third kappa shape index (κ3) is 1.81. The van der Waals surface area contributed by atoms with Crippen LogP contribution < -0.4 is 21.1 Å². The van der Waals surface area contributed by atoms with Crippen LogP contribution in [0.2, 0.25) is 0 Å². The summed E-state index contributed by atoms with van der Waals surface area (Å²) in [6.45, 7) is 0. The molecule has 1 heterocycles. The highest BCUT2D eigenvalue weighted by atomic mass is 32.1. The van der Waals surface area contributed by atoms with Crippen molar-refractivity contribution >= 4 is 17.2 Å². The summed E-state index contributed by atoms with van der Waals surface area (Å²) < 4.78 is 9.86. The summed E-state index contributed by atoms with van der Waals surface area (Å²) in [6.07, 6.45) is 0. The number of methoxy groups -OCH3 is 2. The average Bonchev–Trinajstić information content (AvgIpc) is 2.59. The summed E-state index contributed by atoms with van der Waals surface area (Å²) in [5.74, 6) is 5.57. The number of hydrazone groups is 1. The number of amidine groups is 1. The first-order valence-corrected chi connectivity index (χ1v) is 4.17. The lowest BCUT2D eigenvalue weighted by Crippen LogP contribution is -2.14. The number of hydrogen-bond acceptors (Lipinski definition) is 6. The normalized spacial score (nSPS) is 11.4. The summed E-state index contributed by atoms with van der Waals surface area (Å²) in [4.78, 5) is 4.55. The van der Waals surface area contributed by atoms with Gasteiger partial charge in [0.05, 0.1) is 14.2 Å². The fourth-order valence-corrected chi connectivity index (χ4v) is 1.49. The molecule has 4 N–H and O–H groups in total. The van der Waals surface area contributed by atoms with E-state index in [0.717, 1.165) is 0 Å². The van der Waals surface area contributed by atoms with Gasteiger partial charge in [-0.15, -0.1) is 0 Å². The third-order valence-corrected chi connectivity index (χ3v) is 2.34. The maximum Gasteiger partial charge on any atom is 0.277 e. The van der Waals surface area contributed by atoms with E-state index >= 15 is 0 Å². The van der Waals surface area contributed by atoms with Crippen molar-refractivity contribution in [2.45, 2.75) is 0 Å². The molecular formula is C6H10N4O2S. The van der Waals surface area contributed by atoms with E-state index in [2.05, 4.69) is 10.1 Å². The quantitative estimate of drug-likeness (QED) is 0.304. The number of hydrogen-bond donors (Lipinski definition) is 2. The SMILES string of the molecule is COc1nc(OC)c(/C(N)=N/N)s1. The Balaban J connectivity index is 3.11. The van der Waals surface area contributed by atoms with Gasteiger partial charge in [0.1, 0.15) is 4.88 Å². The zero-order valence-corrected chi connectivity index (χ0v) is 8.09. The van der Waals surface area contributed by atoms with Crippen LogP contribution >= 0.6 is 11.3 Å². The first-order valence-electron chi connectivity index (χ1n) is 3.35. The Labute approximate surface area is 79.2 Å². The Morgan fingerprint density at radius 2 is 2.15 bits per heavy atom. The molecule has 0 spiro atoms. The van der Waals surface area contributed by atoms with Crippen molar-refractivity contribution in [1.82, 2.24) is 4.98 Å². The molecule has 1 aromatic heterocycles. The van der Waals surface area contributed by atoms with E-state index in [0.29, 0.717) is 16.0 Å². The minimum absolute atomic E-state index is 0.178. The minimum Gasteiger partial charge on any atom is -0.480 e. The topological polar surface area (TPSA) is 95.8 Å². The number of nitrogens with two attached hydrogens (primary N) is 2. The van der Waals surface area contributed by atoms with Gasteiger partial charge in [-0.1, -0.05) is 11.3 Å². The van der Waals surface area contributed by atoms with E-state index in [1.165, 1.54) is 25.6 Å². The molecule has 0 atom stereocenters. The molecule has 0 saturated heterocycles. The van der Waals surface area contributed by atoms with Crippen LogP contribution in [0.25, 0.3) is 0 Å². The van der Waals surface area contributed by atoms with Gasteiger partial charge in [0.25, 0.3) is 5.19 Å². The highest BCUT2D eigenvalue weighted by Crippen LogP contribution is 2.29. The molecule has 0 amide bonds. The summed E-state index contributed by atoms with van der Waals surface area (Å²) >= 11 is 1.22. The second kappa shape index (κ2) is 3.94. The zero-order chi connectivity index (χ0) is 9.84. The van der Waals surface area contributed by atoms with Gasteiger partial charge in [0, 0.05) is 0 Å². The standard InChI is InChI=1S/C6H10N4O2S/c1-11-5-3(4(7)10-8)13-6(9-5)12-2/h8H2,1-2H3,(H2,7,10). The first kappa shape index (κ1) is 9.59. The molecule has 0 aromatic carbocycles. The van der Waals surface area contributed by atoms with Crippen LogP contribution in [0.4, 0.5) is 0 Å². The Morgan fingerprint density at radius 1 is 1.46 bits per heavy atom. The summed E-state index contributed by atoms with van der Waals surface area (Å²) in [7, 11) is 3.00. The lowest BCUT2D eigenvalue weighted by Gasteiger charge is -1.96. The highest BCUT2D eigenvalue weighted by Gasteiger charge is 2.15. The van der Waals surface area contributed by atoms with Crippen molar-refractivity contribution in [1.29, 1.82) is 0 Å². The van der Waals surface area contributed by atoms with Crippen LogP contribution in [0, 0.1) is 0 Å². The molecule has 0 bridgehead atoms. The molecule has 6 nitrogen and oxygen atoms in total. The Kier molecular flexibility index (Phi) is 2.91. The summed E-state index contributed by atoms with van der Waals surface area (Å²) in [6, 6.07) is 0. The monoisotopic (exact) mass is 202 g/mol. The van der Waals surface area contributed by atoms with Gasteiger partial charge in [-0.25, -0.2) is 0 Å². The van der Waals surface area contributed by atoms with Crippen LogP contribution in [-0.4, -0.2) is 25.0 Å². The van der Waals surface area contributed by atoms with Gasteiger partial charge in [-0.2, -0.15) is 10.1 Å². The van der Waals surface area contributed by atoms with Crippen molar-refractivity contribution in [3.8, 4) is 11.1 Å². The number of nitrogens with zero attached hydrogens (tertiary/aromatic N) is 2. The van der Waals surface area contributed by atoms with Crippen LogP contribution in [0.1, 0.15) is 4.88 Å². The molecule has 0 aliphatic carbocycles. The van der Waals surface area contributed by atoms with Crippen LogP contribution in [0.5, 0.6) is 11.1 Å². The molecule has 7 heteroatoms. The van der Waals surface area contributed by atoms with Gasteiger partial charge >= 0.3 is 0 Å². The second-order valence-corrected chi connectivity index (χ2v) is 3.00. The van der Waals surface area contributed by atoms with E-state index in [9.17, 15) is 0 Å². The van der Waals surface area contributed by atoms with Gasteiger partial charge in [-0.3, -0.25) is 0 Å². The zero-order valence-electron chi connectivity index (χ0n) is 7.27. The molecule has 1 rings (SSSR count). The largest absolute Gasteiger partial charge is 0.480 e. The summed E-state index contributed by atoms with van der Waals surface area (Å²) in [5.41, 5.74) is 5.50. The molecule has 0 aliphatic rings. The molecule has 0 radical (unpaired) electrons. The smallest absolute Gasteiger partial charge is 0.277 e. The van der Waals surface area contributed by atoms with Gasteiger partial charge in [-0.05, 0) is 0 Å². The number of thiazole rings is 1. The predicted molar refractivity (Wildman–Crippen MR) is 50.1 cm³/mol. The van der Waals surface area contributed by atoms with Gasteiger partial charge in [0.15, 0.2) is 5.84 Å². The van der Waals surface area contributed by atoms with Crippen LogP contribution in [-0.2, 0) is 0 Å². The number of rotatable bonds is 3. The van der Waals surface area contributed by atoms with Crippen molar-refractivity contribution in [2.75, 3.05) is 14.2 Å². The molecular weight excluding hydrogens is 192 g/mol. The van der Waals surface area contributed by atoms with Crippen molar-refractivity contribution < 1.29 is 9.47 Å². The van der Waals surface area contributed by atoms with Gasteiger partial charge < -0.3 is 21.1 Å². The van der Waals surface area contributed by atoms with E-state index in [4.69, 9.17) is 21.1 Å². The van der Waals surface area contributed by atoms with E-state index < -0.39 is 0 Å². The van der Waals surface area contributed by atoms with Gasteiger partial charge in [0.2, 0.25) is 5.88 Å². The Morgan fingerprint density at radius 3 is 2.62 bits per heavy atom. The van der Waals surface area contributed by atoms with Crippen LogP contribution in [0.3, 0.4) is 0 Å². The fourth-order valence-electron chi connectivity index (χ4n) is 0.734. The maximum atomic E-state index is 5.50. The minimum atomic E-state index is 0.178. The lowest BCUT2D eigenvalue weighted by molar-refractivity contribution is 0.377. The Bertz CT molecular complexity index is 322. The molecule has 0 aliphatic heterocycles. The Hall–Kier alpha value is -1.50. The molecule has 0 saturated carbocycles. The molecule has 1 aromatic rings.